The minimum absolute atomic E-state index is 0.0986. The third-order valence-electron chi connectivity index (χ3n) is 2.51. The number of rotatable bonds is 4. The number of carbonyl (C=O) groups is 1. The lowest BCUT2D eigenvalue weighted by Crippen LogP contribution is -2.16. The summed E-state index contributed by atoms with van der Waals surface area (Å²) in [5.74, 6) is -0.0610. The first-order valence-corrected chi connectivity index (χ1v) is 6.03. The highest BCUT2D eigenvalue weighted by Crippen LogP contribution is 2.20. The van der Waals surface area contributed by atoms with Crippen LogP contribution < -0.4 is 10.4 Å². The van der Waals surface area contributed by atoms with Gasteiger partial charge < -0.3 is 13.9 Å². The first-order valence-electron chi connectivity index (χ1n) is 6.03. The Balaban J connectivity index is 2.49. The Morgan fingerprint density at radius 3 is 2.68 bits per heavy atom. The molecule has 0 saturated carbocycles. The molecule has 0 N–H and O–H groups in total. The van der Waals surface area contributed by atoms with E-state index in [-0.39, 0.29) is 12.2 Å². The Morgan fingerprint density at radius 1 is 1.21 bits per heavy atom. The third-order valence-corrected chi connectivity index (χ3v) is 2.51. The topological polar surface area (TPSA) is 65.7 Å². The molecule has 1 aromatic heterocycles. The molecule has 0 atom stereocenters. The molecule has 1 aromatic carbocycles. The van der Waals surface area contributed by atoms with E-state index in [2.05, 4.69) is 0 Å². The van der Waals surface area contributed by atoms with Gasteiger partial charge in [0.05, 0.1) is 13.2 Å². The van der Waals surface area contributed by atoms with E-state index in [4.69, 9.17) is 13.9 Å². The predicted octanol–water partition coefficient (Wildman–Crippen LogP) is 2.37. The molecule has 2 aromatic rings. The smallest absolute Gasteiger partial charge is 0.351 e. The number of ether oxygens (including phenoxy) is 2. The Kier molecular flexibility index (Phi) is 3.85. The summed E-state index contributed by atoms with van der Waals surface area (Å²) in [4.78, 5) is 23.3. The fraction of sp³-hybridized carbons (Fsp3) is 0.286. The second-order valence-electron chi connectivity index (χ2n) is 3.80. The molecule has 2 rings (SSSR count). The molecule has 1 heterocycles. The lowest BCUT2D eigenvalue weighted by atomic mass is 10.2. The molecule has 0 spiro atoms. The Morgan fingerprint density at radius 2 is 2.00 bits per heavy atom. The molecule has 19 heavy (non-hydrogen) atoms. The van der Waals surface area contributed by atoms with Gasteiger partial charge in [0.2, 0.25) is 0 Å². The molecule has 100 valence electrons. The molecule has 0 radical (unpaired) electrons. The fourth-order valence-corrected chi connectivity index (χ4v) is 1.70. The van der Waals surface area contributed by atoms with Crippen molar-refractivity contribution in [3.63, 3.8) is 0 Å². The van der Waals surface area contributed by atoms with Crippen LogP contribution in [0.5, 0.6) is 5.75 Å². The van der Waals surface area contributed by atoms with Crippen molar-refractivity contribution in [2.45, 2.75) is 13.8 Å². The first kappa shape index (κ1) is 13.1. The van der Waals surface area contributed by atoms with Gasteiger partial charge in [0.25, 0.3) is 0 Å². The van der Waals surface area contributed by atoms with Gasteiger partial charge in [-0.15, -0.1) is 0 Å². The van der Waals surface area contributed by atoms with E-state index in [0.717, 1.165) is 0 Å². The monoisotopic (exact) mass is 262 g/mol. The summed E-state index contributed by atoms with van der Waals surface area (Å²) in [6, 6.07) is 6.57. The number of hydrogen-bond acceptors (Lipinski definition) is 5. The van der Waals surface area contributed by atoms with Crippen LogP contribution in [0.3, 0.4) is 0 Å². The van der Waals surface area contributed by atoms with Crippen LogP contribution >= 0.6 is 0 Å². The van der Waals surface area contributed by atoms with Crippen molar-refractivity contribution in [1.29, 1.82) is 0 Å². The normalized spacial score (nSPS) is 10.4. The van der Waals surface area contributed by atoms with Crippen molar-refractivity contribution in [2.75, 3.05) is 13.2 Å². The number of benzene rings is 1. The van der Waals surface area contributed by atoms with Crippen LogP contribution in [0.25, 0.3) is 11.0 Å². The van der Waals surface area contributed by atoms with E-state index < -0.39 is 11.6 Å². The molecule has 5 heteroatoms. The van der Waals surface area contributed by atoms with Crippen LogP contribution in [-0.4, -0.2) is 19.2 Å². The first-order chi connectivity index (χ1) is 9.15. The van der Waals surface area contributed by atoms with Crippen LogP contribution in [0.15, 0.2) is 33.5 Å². The molecule has 0 aliphatic heterocycles. The molecule has 0 saturated heterocycles. The van der Waals surface area contributed by atoms with Gasteiger partial charge in [-0.1, -0.05) is 0 Å². The zero-order valence-corrected chi connectivity index (χ0v) is 10.8. The maximum atomic E-state index is 11.7. The van der Waals surface area contributed by atoms with Crippen LogP contribution in [0.1, 0.15) is 24.2 Å². The standard InChI is InChI=1S/C14H14O5/c1-3-17-10-6-5-9-7-11(13(15)18-4-2)14(16)19-12(9)8-10/h5-8H,3-4H2,1-2H3. The summed E-state index contributed by atoms with van der Waals surface area (Å²) in [5.41, 5.74) is -0.429. The average Bonchev–Trinajstić information content (AvgIpc) is 2.38. The van der Waals surface area contributed by atoms with Crippen LogP contribution in [0.4, 0.5) is 0 Å². The van der Waals surface area contributed by atoms with Crippen LogP contribution in [0.2, 0.25) is 0 Å². The summed E-state index contributed by atoms with van der Waals surface area (Å²) < 4.78 is 15.2. The number of fused-ring (bicyclic) bond motifs is 1. The quantitative estimate of drug-likeness (QED) is 0.625. The molecular formula is C14H14O5. The largest absolute Gasteiger partial charge is 0.494 e. The second-order valence-corrected chi connectivity index (χ2v) is 3.80. The summed E-state index contributed by atoms with van der Waals surface area (Å²) in [6.07, 6.45) is 0. The van der Waals surface area contributed by atoms with Crippen molar-refractivity contribution in [3.05, 3.63) is 40.2 Å². The highest BCUT2D eigenvalue weighted by atomic mass is 16.5. The maximum absolute atomic E-state index is 11.7. The second kappa shape index (κ2) is 5.56. The fourth-order valence-electron chi connectivity index (χ4n) is 1.70. The number of hydrogen-bond donors (Lipinski definition) is 0. The lowest BCUT2D eigenvalue weighted by Gasteiger charge is -2.05. The van der Waals surface area contributed by atoms with Crippen molar-refractivity contribution in [2.24, 2.45) is 0 Å². The van der Waals surface area contributed by atoms with Gasteiger partial charge in [-0.05, 0) is 32.0 Å². The van der Waals surface area contributed by atoms with E-state index in [1.54, 1.807) is 25.1 Å². The Hall–Kier alpha value is -2.30. The maximum Gasteiger partial charge on any atom is 0.351 e. The van der Waals surface area contributed by atoms with Gasteiger partial charge in [-0.3, -0.25) is 0 Å². The highest BCUT2D eigenvalue weighted by molar-refractivity contribution is 5.93. The lowest BCUT2D eigenvalue weighted by molar-refractivity contribution is 0.0522. The van der Waals surface area contributed by atoms with E-state index in [0.29, 0.717) is 23.3 Å². The minimum atomic E-state index is -0.709. The molecule has 5 nitrogen and oxygen atoms in total. The zero-order valence-electron chi connectivity index (χ0n) is 10.8. The zero-order chi connectivity index (χ0) is 13.8. The van der Waals surface area contributed by atoms with E-state index in [1.807, 2.05) is 6.92 Å². The van der Waals surface area contributed by atoms with E-state index in [9.17, 15) is 9.59 Å². The van der Waals surface area contributed by atoms with Gasteiger partial charge in [0.15, 0.2) is 0 Å². The Bertz CT molecular complexity index is 656. The Labute approximate surface area is 109 Å². The summed E-state index contributed by atoms with van der Waals surface area (Å²) >= 11 is 0. The molecule has 0 aliphatic carbocycles. The van der Waals surface area contributed by atoms with Gasteiger partial charge in [0.1, 0.15) is 16.9 Å². The van der Waals surface area contributed by atoms with Crippen LogP contribution in [0, 0.1) is 0 Å². The van der Waals surface area contributed by atoms with Crippen molar-refractivity contribution in [1.82, 2.24) is 0 Å². The van der Waals surface area contributed by atoms with Gasteiger partial charge in [-0.25, -0.2) is 9.59 Å². The summed E-state index contributed by atoms with van der Waals surface area (Å²) in [7, 11) is 0. The van der Waals surface area contributed by atoms with Gasteiger partial charge >= 0.3 is 11.6 Å². The SMILES string of the molecule is CCOC(=O)c1cc2ccc(OCC)cc2oc1=O. The third kappa shape index (κ3) is 2.76. The van der Waals surface area contributed by atoms with Crippen LogP contribution in [-0.2, 0) is 4.74 Å². The molecule has 0 amide bonds. The van der Waals surface area contributed by atoms with Crippen molar-refractivity contribution in [3.8, 4) is 5.75 Å². The van der Waals surface area contributed by atoms with Crippen molar-refractivity contribution >= 4 is 16.9 Å². The molecular weight excluding hydrogens is 248 g/mol. The molecule has 0 aliphatic rings. The number of esters is 1. The minimum Gasteiger partial charge on any atom is -0.494 e. The van der Waals surface area contributed by atoms with E-state index in [1.165, 1.54) is 6.07 Å². The molecule has 0 unspecified atom stereocenters. The molecule has 0 bridgehead atoms. The average molecular weight is 262 g/mol. The number of carbonyl (C=O) groups excluding carboxylic acids is 1. The van der Waals surface area contributed by atoms with Crippen molar-refractivity contribution < 1.29 is 18.7 Å². The summed E-state index contributed by atoms with van der Waals surface area (Å²) in [6.45, 7) is 4.27. The van der Waals surface area contributed by atoms with Gasteiger partial charge in [0, 0.05) is 11.5 Å². The van der Waals surface area contributed by atoms with E-state index >= 15 is 0 Å². The predicted molar refractivity (Wildman–Crippen MR) is 69.6 cm³/mol. The van der Waals surface area contributed by atoms with Gasteiger partial charge in [-0.2, -0.15) is 0 Å². The molecule has 0 fully saturated rings. The summed E-state index contributed by atoms with van der Waals surface area (Å²) in [5, 5.41) is 0.645. The highest BCUT2D eigenvalue weighted by Gasteiger charge is 2.14.